The van der Waals surface area contributed by atoms with Gasteiger partial charge in [-0.15, -0.1) is 0 Å². The highest BCUT2D eigenvalue weighted by Crippen LogP contribution is 2.10. The summed E-state index contributed by atoms with van der Waals surface area (Å²) in [6.07, 6.45) is 1.06. The SMILES string of the molecule is CC(C)(C)NCCC(=O)Cc1ccc(Cl)cc1. The Bertz CT molecular complexity index is 365. The Balaban J connectivity index is 2.32. The molecule has 0 spiro atoms. The van der Waals surface area contributed by atoms with Gasteiger partial charge < -0.3 is 5.32 Å². The first-order chi connectivity index (χ1) is 7.87. The number of rotatable bonds is 5. The van der Waals surface area contributed by atoms with Crippen molar-refractivity contribution < 1.29 is 4.79 Å². The van der Waals surface area contributed by atoms with Gasteiger partial charge in [-0.05, 0) is 38.5 Å². The number of hydrogen-bond acceptors (Lipinski definition) is 2. The third-order valence-corrected chi connectivity index (χ3v) is 2.63. The molecule has 3 heteroatoms. The Morgan fingerprint density at radius 1 is 1.24 bits per heavy atom. The standard InChI is InChI=1S/C14H20ClNO/c1-14(2,3)16-9-8-13(17)10-11-4-6-12(15)7-5-11/h4-7,16H,8-10H2,1-3H3. The molecular weight excluding hydrogens is 234 g/mol. The van der Waals surface area contributed by atoms with Crippen LogP contribution in [0.1, 0.15) is 32.8 Å². The van der Waals surface area contributed by atoms with Crippen molar-refractivity contribution in [3.8, 4) is 0 Å². The second-order valence-corrected chi connectivity index (χ2v) is 5.71. The maximum Gasteiger partial charge on any atom is 0.138 e. The summed E-state index contributed by atoms with van der Waals surface area (Å²) in [7, 11) is 0. The zero-order chi connectivity index (χ0) is 12.9. The van der Waals surface area contributed by atoms with Crippen LogP contribution in [0.4, 0.5) is 0 Å². The molecule has 1 rings (SSSR count). The van der Waals surface area contributed by atoms with Crippen molar-refractivity contribution in [2.75, 3.05) is 6.54 Å². The first-order valence-electron chi connectivity index (χ1n) is 5.88. The van der Waals surface area contributed by atoms with E-state index < -0.39 is 0 Å². The zero-order valence-electron chi connectivity index (χ0n) is 10.7. The van der Waals surface area contributed by atoms with E-state index in [0.717, 1.165) is 12.1 Å². The van der Waals surface area contributed by atoms with Gasteiger partial charge in [0, 0.05) is 29.9 Å². The maximum absolute atomic E-state index is 11.7. The lowest BCUT2D eigenvalue weighted by Gasteiger charge is -2.20. The molecule has 0 aliphatic heterocycles. The van der Waals surface area contributed by atoms with Crippen LogP contribution in [0, 0.1) is 0 Å². The Kier molecular flexibility index (Phi) is 5.16. The Hall–Kier alpha value is -0.860. The van der Waals surface area contributed by atoms with Gasteiger partial charge in [0.05, 0.1) is 0 Å². The van der Waals surface area contributed by atoms with E-state index in [9.17, 15) is 4.79 Å². The van der Waals surface area contributed by atoms with Gasteiger partial charge in [-0.3, -0.25) is 4.79 Å². The van der Waals surface area contributed by atoms with Gasteiger partial charge in [0.2, 0.25) is 0 Å². The van der Waals surface area contributed by atoms with E-state index in [1.54, 1.807) is 0 Å². The Morgan fingerprint density at radius 3 is 2.35 bits per heavy atom. The van der Waals surface area contributed by atoms with Crippen LogP contribution in [0.15, 0.2) is 24.3 Å². The molecule has 0 aromatic heterocycles. The van der Waals surface area contributed by atoms with Gasteiger partial charge in [-0.2, -0.15) is 0 Å². The number of nitrogens with one attached hydrogen (secondary N) is 1. The van der Waals surface area contributed by atoms with Crippen molar-refractivity contribution >= 4 is 17.4 Å². The van der Waals surface area contributed by atoms with Gasteiger partial charge in [0.15, 0.2) is 0 Å². The number of benzene rings is 1. The number of hydrogen-bond donors (Lipinski definition) is 1. The van der Waals surface area contributed by atoms with Crippen LogP contribution >= 0.6 is 11.6 Å². The smallest absolute Gasteiger partial charge is 0.138 e. The molecular formula is C14H20ClNO. The van der Waals surface area contributed by atoms with Crippen LogP contribution in [0.2, 0.25) is 5.02 Å². The van der Waals surface area contributed by atoms with Gasteiger partial charge in [0.1, 0.15) is 5.78 Å². The molecule has 0 aliphatic carbocycles. The molecule has 0 aliphatic rings. The average Bonchev–Trinajstić information content (AvgIpc) is 2.19. The van der Waals surface area contributed by atoms with E-state index in [1.165, 1.54) is 0 Å². The first-order valence-corrected chi connectivity index (χ1v) is 6.26. The topological polar surface area (TPSA) is 29.1 Å². The molecule has 0 saturated heterocycles. The van der Waals surface area contributed by atoms with E-state index in [0.29, 0.717) is 17.9 Å². The van der Waals surface area contributed by atoms with Crippen molar-refractivity contribution in [3.63, 3.8) is 0 Å². The fourth-order valence-corrected chi connectivity index (χ4v) is 1.62. The van der Waals surface area contributed by atoms with Gasteiger partial charge in [0.25, 0.3) is 0 Å². The van der Waals surface area contributed by atoms with Crippen LogP contribution < -0.4 is 5.32 Å². The van der Waals surface area contributed by atoms with Gasteiger partial charge >= 0.3 is 0 Å². The number of halogens is 1. The molecule has 1 N–H and O–H groups in total. The molecule has 0 fully saturated rings. The maximum atomic E-state index is 11.7. The zero-order valence-corrected chi connectivity index (χ0v) is 11.5. The van der Waals surface area contributed by atoms with Crippen molar-refractivity contribution in [2.45, 2.75) is 39.2 Å². The van der Waals surface area contributed by atoms with E-state index in [4.69, 9.17) is 11.6 Å². The van der Waals surface area contributed by atoms with Crippen molar-refractivity contribution in [2.24, 2.45) is 0 Å². The molecule has 2 nitrogen and oxygen atoms in total. The summed E-state index contributed by atoms with van der Waals surface area (Å²) in [4.78, 5) is 11.7. The molecule has 0 radical (unpaired) electrons. The predicted molar refractivity (Wildman–Crippen MR) is 72.5 cm³/mol. The summed E-state index contributed by atoms with van der Waals surface area (Å²) in [6.45, 7) is 7.01. The minimum Gasteiger partial charge on any atom is -0.312 e. The molecule has 0 saturated carbocycles. The van der Waals surface area contributed by atoms with E-state index in [-0.39, 0.29) is 11.3 Å². The summed E-state index contributed by atoms with van der Waals surface area (Å²) in [5.41, 5.74) is 1.09. The van der Waals surface area contributed by atoms with Crippen molar-refractivity contribution in [3.05, 3.63) is 34.9 Å². The molecule has 0 bridgehead atoms. The van der Waals surface area contributed by atoms with Crippen LogP contribution in [-0.4, -0.2) is 17.9 Å². The molecule has 0 atom stereocenters. The summed E-state index contributed by atoms with van der Waals surface area (Å²) in [5, 5.41) is 4.01. The fourth-order valence-electron chi connectivity index (χ4n) is 1.50. The molecule has 1 aromatic carbocycles. The lowest BCUT2D eigenvalue weighted by molar-refractivity contribution is -0.118. The predicted octanol–water partition coefficient (Wildman–Crippen LogP) is 3.23. The van der Waals surface area contributed by atoms with Crippen LogP contribution in [0.25, 0.3) is 0 Å². The van der Waals surface area contributed by atoms with Crippen LogP contribution in [-0.2, 0) is 11.2 Å². The Labute approximate surface area is 108 Å². The van der Waals surface area contributed by atoms with Crippen molar-refractivity contribution in [1.29, 1.82) is 0 Å². The molecule has 0 unspecified atom stereocenters. The van der Waals surface area contributed by atoms with Gasteiger partial charge in [-0.25, -0.2) is 0 Å². The lowest BCUT2D eigenvalue weighted by Crippen LogP contribution is -2.37. The highest BCUT2D eigenvalue weighted by atomic mass is 35.5. The van der Waals surface area contributed by atoms with Crippen LogP contribution in [0.3, 0.4) is 0 Å². The van der Waals surface area contributed by atoms with Crippen LogP contribution in [0.5, 0.6) is 0 Å². The highest BCUT2D eigenvalue weighted by molar-refractivity contribution is 6.30. The van der Waals surface area contributed by atoms with Crippen molar-refractivity contribution in [1.82, 2.24) is 5.32 Å². The number of carbonyl (C=O) groups excluding carboxylic acids is 1. The first kappa shape index (κ1) is 14.2. The molecule has 17 heavy (non-hydrogen) atoms. The second-order valence-electron chi connectivity index (χ2n) is 5.27. The second kappa shape index (κ2) is 6.18. The van der Waals surface area contributed by atoms with Gasteiger partial charge in [-0.1, -0.05) is 23.7 Å². The minimum absolute atomic E-state index is 0.0700. The molecule has 0 amide bonds. The monoisotopic (exact) mass is 253 g/mol. The molecule has 0 heterocycles. The quantitative estimate of drug-likeness (QED) is 0.873. The number of Topliss-reactive ketones (excluding diaryl/α,β-unsaturated/α-hetero) is 1. The van der Waals surface area contributed by atoms with E-state index >= 15 is 0 Å². The Morgan fingerprint density at radius 2 is 1.82 bits per heavy atom. The summed E-state index contributed by atoms with van der Waals surface area (Å²) >= 11 is 5.79. The third-order valence-electron chi connectivity index (χ3n) is 2.37. The third kappa shape index (κ3) is 6.44. The summed E-state index contributed by atoms with van der Waals surface area (Å²) in [6, 6.07) is 7.43. The average molecular weight is 254 g/mol. The normalized spacial score (nSPS) is 11.5. The number of ketones is 1. The summed E-state index contributed by atoms with van der Waals surface area (Å²) in [5.74, 6) is 0.254. The highest BCUT2D eigenvalue weighted by Gasteiger charge is 2.09. The largest absolute Gasteiger partial charge is 0.312 e. The molecule has 1 aromatic rings. The fraction of sp³-hybridized carbons (Fsp3) is 0.500. The lowest BCUT2D eigenvalue weighted by atomic mass is 10.1. The minimum atomic E-state index is 0.0700. The molecule has 94 valence electrons. The number of carbonyl (C=O) groups is 1. The van der Waals surface area contributed by atoms with E-state index in [2.05, 4.69) is 26.1 Å². The summed E-state index contributed by atoms with van der Waals surface area (Å²) < 4.78 is 0. The van der Waals surface area contributed by atoms with E-state index in [1.807, 2.05) is 24.3 Å².